The van der Waals surface area contributed by atoms with E-state index in [1.807, 2.05) is 0 Å². The molecular formula is C18H21CuN5O4. The largest absolute Gasteiger partial charge is 2.00 e. The first kappa shape index (κ1) is 23.4. The van der Waals surface area contributed by atoms with Crippen molar-refractivity contribution in [3.05, 3.63) is 59.8 Å². The molecule has 0 spiro atoms. The Morgan fingerprint density at radius 2 is 1.82 bits per heavy atom. The summed E-state index contributed by atoms with van der Waals surface area (Å²) >= 11 is 0. The van der Waals surface area contributed by atoms with E-state index in [0.29, 0.717) is 5.69 Å². The van der Waals surface area contributed by atoms with Gasteiger partial charge in [-0.2, -0.15) is 0 Å². The third kappa shape index (κ3) is 7.15. The first-order chi connectivity index (χ1) is 12.9. The van der Waals surface area contributed by atoms with Crippen LogP contribution in [-0.2, 0) is 51.3 Å². The molecule has 2 aromatic rings. The number of rotatable bonds is 9. The fourth-order valence-corrected chi connectivity index (χ4v) is 2.55. The molecule has 1 aromatic heterocycles. The van der Waals surface area contributed by atoms with Gasteiger partial charge in [0.25, 0.3) is 0 Å². The monoisotopic (exact) mass is 434 g/mol. The van der Waals surface area contributed by atoms with Crippen LogP contribution in [0.1, 0.15) is 11.3 Å². The van der Waals surface area contributed by atoms with E-state index in [-0.39, 0.29) is 29.9 Å². The fourth-order valence-electron chi connectivity index (χ4n) is 2.55. The first-order valence-electron chi connectivity index (χ1n) is 8.35. The van der Waals surface area contributed by atoms with Crippen LogP contribution in [0.2, 0.25) is 0 Å². The molecule has 3 N–H and O–H groups in total. The Morgan fingerprint density at radius 1 is 1.14 bits per heavy atom. The van der Waals surface area contributed by atoms with Gasteiger partial charge in [-0.05, 0) is 12.0 Å². The predicted molar refractivity (Wildman–Crippen MR) is 95.1 cm³/mol. The second-order valence-electron chi connectivity index (χ2n) is 6.10. The molecule has 2 amide bonds. The van der Waals surface area contributed by atoms with Crippen LogP contribution in [0.25, 0.3) is 5.73 Å². The first-order valence-corrected chi connectivity index (χ1v) is 8.35. The molecule has 2 atom stereocenters. The summed E-state index contributed by atoms with van der Waals surface area (Å²) in [5, 5.41) is 16.3. The van der Waals surface area contributed by atoms with E-state index in [0.717, 1.165) is 5.56 Å². The van der Waals surface area contributed by atoms with Gasteiger partial charge in [-0.25, -0.2) is 4.98 Å². The summed E-state index contributed by atoms with van der Waals surface area (Å²) in [6.07, 6.45) is 3.37. The number of amides is 2. The molecule has 0 aliphatic rings. The van der Waals surface area contributed by atoms with Gasteiger partial charge in [-0.1, -0.05) is 36.9 Å². The number of nitrogens with zero attached hydrogens (tertiary/aromatic N) is 2. The SMILES string of the molecule is Cn1cnc(CC(NC(=O)C[NH-])C(=O)NC(Cc2ccccc2)C(=O)[O-])c1.[Cu+2]. The van der Waals surface area contributed by atoms with Crippen molar-refractivity contribution in [1.29, 1.82) is 0 Å². The van der Waals surface area contributed by atoms with Gasteiger partial charge in [0.1, 0.15) is 6.04 Å². The zero-order chi connectivity index (χ0) is 19.8. The molecule has 0 aliphatic heterocycles. The van der Waals surface area contributed by atoms with Crippen molar-refractivity contribution in [2.24, 2.45) is 7.05 Å². The summed E-state index contributed by atoms with van der Waals surface area (Å²) in [7, 11) is 1.76. The van der Waals surface area contributed by atoms with Crippen LogP contribution < -0.4 is 15.7 Å². The van der Waals surface area contributed by atoms with Crippen molar-refractivity contribution < 1.29 is 36.6 Å². The van der Waals surface area contributed by atoms with Crippen molar-refractivity contribution in [3.63, 3.8) is 0 Å². The van der Waals surface area contributed by atoms with Gasteiger partial charge < -0.3 is 30.8 Å². The number of carboxylic acid groups (broad SMARTS) is 1. The third-order valence-electron chi connectivity index (χ3n) is 3.87. The number of carbonyl (C=O) groups is 3. The molecule has 28 heavy (non-hydrogen) atoms. The molecule has 0 aliphatic carbocycles. The second kappa shape index (κ2) is 11.2. The number of aromatic nitrogens is 2. The van der Waals surface area contributed by atoms with Crippen molar-refractivity contribution in [2.75, 3.05) is 6.54 Å². The Labute approximate surface area is 173 Å². The van der Waals surface area contributed by atoms with Crippen LogP contribution in [0.3, 0.4) is 0 Å². The van der Waals surface area contributed by atoms with Crippen LogP contribution in [0.4, 0.5) is 0 Å². The number of hydrogen-bond donors (Lipinski definition) is 2. The summed E-state index contributed by atoms with van der Waals surface area (Å²) in [5.41, 5.74) is 8.39. The van der Waals surface area contributed by atoms with Crippen LogP contribution in [0, 0.1) is 0 Å². The molecule has 10 heteroatoms. The maximum atomic E-state index is 12.6. The van der Waals surface area contributed by atoms with E-state index < -0.39 is 36.4 Å². The standard InChI is InChI=1S/C18H22N5O4.Cu/c1-23-10-13(20-11-23)8-14(21-16(24)9-19)17(25)22-15(18(26)27)7-12-5-3-2-4-6-12;/h2-6,10-11,14-15,19H,7-9H2,1H3,(H,21,24)(H,22,25)(H,26,27);/q-1;+2/p-1. The van der Waals surface area contributed by atoms with E-state index in [9.17, 15) is 19.5 Å². The topological polar surface area (TPSA) is 140 Å². The number of aliphatic carboxylic acids is 1. The van der Waals surface area contributed by atoms with Gasteiger partial charge in [0.15, 0.2) is 5.91 Å². The molecule has 0 fully saturated rings. The number of imidazole rings is 1. The van der Waals surface area contributed by atoms with Crippen LogP contribution in [0.15, 0.2) is 42.9 Å². The molecule has 0 saturated carbocycles. The van der Waals surface area contributed by atoms with Crippen molar-refractivity contribution in [3.8, 4) is 0 Å². The van der Waals surface area contributed by atoms with E-state index >= 15 is 0 Å². The molecule has 0 bridgehead atoms. The molecule has 1 heterocycles. The van der Waals surface area contributed by atoms with Crippen molar-refractivity contribution in [2.45, 2.75) is 24.9 Å². The van der Waals surface area contributed by atoms with E-state index in [2.05, 4.69) is 15.6 Å². The average molecular weight is 435 g/mol. The number of benzene rings is 1. The summed E-state index contributed by atoms with van der Waals surface area (Å²) in [6.45, 7) is -0.542. The molecule has 9 nitrogen and oxygen atoms in total. The Hall–Kier alpha value is -2.68. The summed E-state index contributed by atoms with van der Waals surface area (Å²) in [6, 6.07) is 6.53. The molecule has 2 unspecified atom stereocenters. The quantitative estimate of drug-likeness (QED) is 0.486. The smallest absolute Gasteiger partial charge is 0.670 e. The van der Waals surface area contributed by atoms with Gasteiger partial charge in [-0.15, -0.1) is 0 Å². The molecule has 1 aromatic carbocycles. The molecule has 0 saturated heterocycles. The Morgan fingerprint density at radius 3 is 2.36 bits per heavy atom. The van der Waals surface area contributed by atoms with Gasteiger partial charge in [0.2, 0.25) is 5.91 Å². The number of nitrogens with one attached hydrogen (secondary N) is 3. The van der Waals surface area contributed by atoms with Crippen LogP contribution >= 0.6 is 0 Å². The minimum Gasteiger partial charge on any atom is -0.670 e. The molecule has 2 rings (SSSR count). The predicted octanol–water partition coefficient (Wildman–Crippen LogP) is -1.03. The number of carboxylic acids is 1. The Kier molecular flexibility index (Phi) is 9.37. The van der Waals surface area contributed by atoms with Crippen molar-refractivity contribution in [1.82, 2.24) is 20.2 Å². The fraction of sp³-hybridized carbons (Fsp3) is 0.333. The summed E-state index contributed by atoms with van der Waals surface area (Å²) < 4.78 is 1.69. The second-order valence-corrected chi connectivity index (χ2v) is 6.10. The molecule has 153 valence electrons. The van der Waals surface area contributed by atoms with E-state index in [1.165, 1.54) is 0 Å². The van der Waals surface area contributed by atoms with Gasteiger partial charge >= 0.3 is 17.1 Å². The van der Waals surface area contributed by atoms with E-state index in [1.54, 1.807) is 54.5 Å². The zero-order valence-corrected chi connectivity index (χ0v) is 16.1. The summed E-state index contributed by atoms with van der Waals surface area (Å²) in [4.78, 5) is 39.8. The van der Waals surface area contributed by atoms with Crippen LogP contribution in [0.5, 0.6) is 0 Å². The number of carbonyl (C=O) groups excluding carboxylic acids is 3. The maximum absolute atomic E-state index is 12.6. The molecular weight excluding hydrogens is 414 g/mol. The number of aryl methyl sites for hydroxylation is 1. The Balaban J connectivity index is 0.00000392. The van der Waals surface area contributed by atoms with Crippen molar-refractivity contribution >= 4 is 17.8 Å². The summed E-state index contributed by atoms with van der Waals surface area (Å²) in [5.74, 6) is -2.73. The minimum atomic E-state index is -1.42. The van der Waals surface area contributed by atoms with Crippen LogP contribution in [-0.4, -0.2) is 46.0 Å². The normalized spacial score (nSPS) is 12.4. The van der Waals surface area contributed by atoms with Gasteiger partial charge in [0, 0.05) is 19.7 Å². The number of hydrogen-bond acceptors (Lipinski definition) is 5. The molecule has 1 radical (unpaired) electrons. The zero-order valence-electron chi connectivity index (χ0n) is 15.1. The average Bonchev–Trinajstić information content (AvgIpc) is 3.06. The maximum Gasteiger partial charge on any atom is 2.00 e. The van der Waals surface area contributed by atoms with Gasteiger partial charge in [-0.3, -0.25) is 9.59 Å². The third-order valence-corrected chi connectivity index (χ3v) is 3.87. The van der Waals surface area contributed by atoms with E-state index in [4.69, 9.17) is 5.73 Å². The Bertz CT molecular complexity index is 796. The van der Waals surface area contributed by atoms with Gasteiger partial charge in [0.05, 0.1) is 24.0 Å². The minimum absolute atomic E-state index is 0.